The third-order valence-electron chi connectivity index (χ3n) is 0.396. The molecule has 0 saturated carbocycles. The number of hydrogen-bond acceptors (Lipinski definition) is 7. The second kappa shape index (κ2) is 7.51. The summed E-state index contributed by atoms with van der Waals surface area (Å²) >= 11 is 4.48. The fraction of sp³-hybridized carbons (Fsp3) is 0.667. The second-order valence-electron chi connectivity index (χ2n) is 1.02. The van der Waals surface area contributed by atoms with Crippen molar-refractivity contribution in [2.24, 2.45) is 0 Å². The van der Waals surface area contributed by atoms with Crippen molar-refractivity contribution in [1.82, 2.24) is 0 Å². The molecule has 0 aromatic rings. The lowest BCUT2D eigenvalue weighted by Gasteiger charge is -1.97. The Bertz CT molecular complexity index is 106. The third-order valence-corrected chi connectivity index (χ3v) is 0.447. The number of rotatable bonds is 5. The SMILES string of the molecule is CCOOOC(=O)OOOCl. The zero-order valence-electron chi connectivity index (χ0n) is 5.44. The van der Waals surface area contributed by atoms with E-state index in [1.165, 1.54) is 0 Å². The Hall–Kier alpha value is -0.600. The van der Waals surface area contributed by atoms with E-state index in [0.29, 0.717) is 0 Å². The van der Waals surface area contributed by atoms with Gasteiger partial charge in [0.2, 0.25) is 0 Å². The van der Waals surface area contributed by atoms with Crippen LogP contribution in [0.15, 0.2) is 0 Å². The van der Waals surface area contributed by atoms with Gasteiger partial charge in [-0.1, -0.05) is 4.44 Å². The Labute approximate surface area is 66.5 Å². The van der Waals surface area contributed by atoms with Gasteiger partial charge in [-0.15, -0.1) is 0 Å². The third kappa shape index (κ3) is 7.30. The molecule has 0 unspecified atom stereocenters. The molecule has 0 heterocycles. The molecule has 0 aromatic carbocycles. The lowest BCUT2D eigenvalue weighted by Crippen LogP contribution is -2.08. The molecule has 0 fully saturated rings. The summed E-state index contributed by atoms with van der Waals surface area (Å²) in [7, 11) is 0. The van der Waals surface area contributed by atoms with Gasteiger partial charge in [-0.2, -0.15) is 9.68 Å². The Kier molecular flexibility index (Phi) is 7.10. The Morgan fingerprint density at radius 3 is 2.55 bits per heavy atom. The van der Waals surface area contributed by atoms with Crippen LogP contribution in [0.3, 0.4) is 0 Å². The first-order valence-electron chi connectivity index (χ1n) is 2.43. The van der Waals surface area contributed by atoms with Gasteiger partial charge in [0.25, 0.3) is 0 Å². The van der Waals surface area contributed by atoms with Crippen molar-refractivity contribution in [3.05, 3.63) is 0 Å². The molecule has 0 amide bonds. The monoisotopic (exact) mass is 188 g/mol. The maximum atomic E-state index is 10.2. The molecule has 0 aromatic heterocycles. The fourth-order valence-electron chi connectivity index (χ4n) is 0.154. The van der Waals surface area contributed by atoms with E-state index in [0.717, 1.165) is 0 Å². The van der Waals surface area contributed by atoms with Gasteiger partial charge >= 0.3 is 6.16 Å². The molecular weight excluding hydrogens is 183 g/mol. The zero-order chi connectivity index (χ0) is 8.53. The Balaban J connectivity index is 3.09. The molecule has 0 aliphatic heterocycles. The first kappa shape index (κ1) is 10.4. The lowest BCUT2D eigenvalue weighted by atomic mass is 10.9. The van der Waals surface area contributed by atoms with Gasteiger partial charge in [0.15, 0.2) is 0 Å². The summed E-state index contributed by atoms with van der Waals surface area (Å²) in [6, 6.07) is 0. The maximum absolute atomic E-state index is 10.2. The zero-order valence-corrected chi connectivity index (χ0v) is 6.20. The van der Waals surface area contributed by atoms with Gasteiger partial charge in [-0.05, 0) is 12.0 Å². The summed E-state index contributed by atoms with van der Waals surface area (Å²) in [5.41, 5.74) is 0. The van der Waals surface area contributed by atoms with E-state index in [2.05, 4.69) is 41.0 Å². The minimum Gasteiger partial charge on any atom is -0.226 e. The van der Waals surface area contributed by atoms with Crippen LogP contribution in [-0.2, 0) is 29.2 Å². The van der Waals surface area contributed by atoms with Crippen molar-refractivity contribution < 1.29 is 34.0 Å². The van der Waals surface area contributed by atoms with Crippen LogP contribution >= 0.6 is 11.9 Å². The summed E-state index contributed by atoms with van der Waals surface area (Å²) < 4.78 is 3.37. The van der Waals surface area contributed by atoms with Crippen molar-refractivity contribution >= 4 is 18.0 Å². The van der Waals surface area contributed by atoms with Crippen molar-refractivity contribution in [2.45, 2.75) is 6.92 Å². The van der Waals surface area contributed by atoms with Crippen LogP contribution in [0.1, 0.15) is 6.92 Å². The molecule has 66 valence electrons. The Morgan fingerprint density at radius 1 is 1.36 bits per heavy atom. The summed E-state index contributed by atoms with van der Waals surface area (Å²) in [6.45, 7) is 1.83. The minimum atomic E-state index is -1.32. The standard InChI is InChI=1S/C3H5ClO7/c1-2-6-10-7-3(5)8-11-9-4/h2H2,1H3. The summed E-state index contributed by atoms with van der Waals surface area (Å²) in [5.74, 6) is 0. The lowest BCUT2D eigenvalue weighted by molar-refractivity contribution is -0.510. The van der Waals surface area contributed by atoms with Crippen molar-refractivity contribution in [1.29, 1.82) is 0 Å². The van der Waals surface area contributed by atoms with Crippen LogP contribution in [0.5, 0.6) is 0 Å². The Morgan fingerprint density at radius 2 is 2.00 bits per heavy atom. The second-order valence-corrected chi connectivity index (χ2v) is 1.15. The highest BCUT2D eigenvalue weighted by Crippen LogP contribution is 1.91. The van der Waals surface area contributed by atoms with Crippen LogP contribution < -0.4 is 0 Å². The van der Waals surface area contributed by atoms with Gasteiger partial charge in [0.1, 0.15) is 11.9 Å². The topological polar surface area (TPSA) is 72.5 Å². The summed E-state index contributed by atoms with van der Waals surface area (Å²) in [6.07, 6.45) is -1.32. The van der Waals surface area contributed by atoms with E-state index in [4.69, 9.17) is 0 Å². The predicted molar refractivity (Wildman–Crippen MR) is 28.3 cm³/mol. The first-order chi connectivity index (χ1) is 5.31. The van der Waals surface area contributed by atoms with Crippen LogP contribution in [0.25, 0.3) is 0 Å². The van der Waals surface area contributed by atoms with E-state index in [9.17, 15) is 4.79 Å². The fourth-order valence-corrected chi connectivity index (χ4v) is 0.180. The predicted octanol–water partition coefficient (Wildman–Crippen LogP) is 1.04. The molecule has 0 atom stereocenters. The van der Waals surface area contributed by atoms with Crippen molar-refractivity contribution in [3.63, 3.8) is 0 Å². The highest BCUT2D eigenvalue weighted by atomic mass is 35.5. The molecule has 7 nitrogen and oxygen atoms in total. The van der Waals surface area contributed by atoms with Crippen molar-refractivity contribution in [3.8, 4) is 0 Å². The van der Waals surface area contributed by atoms with Gasteiger partial charge in [-0.3, -0.25) is 0 Å². The van der Waals surface area contributed by atoms with Crippen LogP contribution in [0.4, 0.5) is 4.79 Å². The molecule has 0 saturated heterocycles. The van der Waals surface area contributed by atoms with E-state index >= 15 is 0 Å². The summed E-state index contributed by atoms with van der Waals surface area (Å²) in [4.78, 5) is 21.7. The van der Waals surface area contributed by atoms with Crippen molar-refractivity contribution in [2.75, 3.05) is 6.61 Å². The minimum absolute atomic E-state index is 0.208. The molecule has 0 spiro atoms. The number of hydrogen-bond donors (Lipinski definition) is 0. The smallest absolute Gasteiger partial charge is 0.226 e. The number of halogens is 1. The highest BCUT2D eigenvalue weighted by molar-refractivity contribution is 6.06. The molecule has 0 radical (unpaired) electrons. The molecule has 0 aliphatic rings. The average molecular weight is 189 g/mol. The largest absolute Gasteiger partial charge is 0.577 e. The molecule has 0 aliphatic carbocycles. The highest BCUT2D eigenvalue weighted by Gasteiger charge is 2.06. The van der Waals surface area contributed by atoms with E-state index in [1.807, 2.05) is 0 Å². The van der Waals surface area contributed by atoms with E-state index in [1.54, 1.807) is 6.92 Å². The van der Waals surface area contributed by atoms with Gasteiger partial charge < -0.3 is 0 Å². The van der Waals surface area contributed by atoms with Crippen LogP contribution in [-0.4, -0.2) is 12.8 Å². The summed E-state index contributed by atoms with van der Waals surface area (Å²) in [5, 5.41) is 7.27. The number of carbonyl (C=O) groups excluding carboxylic acids is 1. The van der Waals surface area contributed by atoms with Gasteiger partial charge in [-0.25, -0.2) is 9.78 Å². The molecule has 0 bridgehead atoms. The maximum Gasteiger partial charge on any atom is 0.577 e. The van der Waals surface area contributed by atoms with Gasteiger partial charge in [0.05, 0.1) is 6.61 Å². The molecular formula is C3H5ClO7. The molecule has 11 heavy (non-hydrogen) atoms. The van der Waals surface area contributed by atoms with Gasteiger partial charge in [0, 0.05) is 5.04 Å². The molecule has 8 heteroatoms. The van der Waals surface area contributed by atoms with E-state index < -0.39 is 6.16 Å². The number of carbonyl (C=O) groups is 1. The molecule has 0 rings (SSSR count). The van der Waals surface area contributed by atoms with E-state index in [-0.39, 0.29) is 6.61 Å². The first-order valence-corrected chi connectivity index (χ1v) is 2.74. The average Bonchev–Trinajstić information content (AvgIpc) is 2.01. The van der Waals surface area contributed by atoms with Crippen LogP contribution in [0, 0.1) is 0 Å². The molecule has 0 N–H and O–H groups in total. The van der Waals surface area contributed by atoms with Crippen LogP contribution in [0.2, 0.25) is 0 Å². The normalized spacial score (nSPS) is 9.27. The quantitative estimate of drug-likeness (QED) is 0.363.